The summed E-state index contributed by atoms with van der Waals surface area (Å²) in [4.78, 5) is 12.3. The minimum Gasteiger partial charge on any atom is -0.357 e. The molecule has 0 saturated heterocycles. The third-order valence-corrected chi connectivity index (χ3v) is 4.96. The van der Waals surface area contributed by atoms with Crippen molar-refractivity contribution in [2.45, 2.75) is 44.6 Å². The molecule has 1 amide bonds. The van der Waals surface area contributed by atoms with Gasteiger partial charge in [-0.2, -0.15) is 0 Å². The first-order valence-electron chi connectivity index (χ1n) is 7.66. The van der Waals surface area contributed by atoms with Crippen LogP contribution in [0.4, 0.5) is 0 Å². The summed E-state index contributed by atoms with van der Waals surface area (Å²) in [7, 11) is 1.75. The summed E-state index contributed by atoms with van der Waals surface area (Å²) in [6.45, 7) is 0. The van der Waals surface area contributed by atoms with Gasteiger partial charge in [0.05, 0.1) is 5.52 Å². The number of aromatic nitrogens is 1. The van der Waals surface area contributed by atoms with E-state index in [9.17, 15) is 4.79 Å². The largest absolute Gasteiger partial charge is 0.357 e. The Hall–Kier alpha value is -1.77. The van der Waals surface area contributed by atoms with Crippen LogP contribution in [0, 0.1) is 0 Å². The first-order valence-corrected chi connectivity index (χ1v) is 7.66. The number of benzene rings is 1. The van der Waals surface area contributed by atoms with E-state index in [4.69, 9.17) is 0 Å². The molecule has 1 N–H and O–H groups in total. The van der Waals surface area contributed by atoms with E-state index in [0.717, 1.165) is 19.3 Å². The van der Waals surface area contributed by atoms with Crippen molar-refractivity contribution < 1.29 is 4.79 Å². The molecular weight excluding hydrogens is 248 g/mol. The van der Waals surface area contributed by atoms with E-state index in [1.807, 2.05) is 0 Å². The zero-order valence-corrected chi connectivity index (χ0v) is 11.9. The van der Waals surface area contributed by atoms with E-state index in [1.54, 1.807) is 7.05 Å². The maximum Gasteiger partial charge on any atom is 0.242 e. The topological polar surface area (TPSA) is 34.0 Å². The standard InChI is InChI=1S/C17H20N2O/c1-18-17(20)15-10-9-11-5-4-7-13-12-6-2-3-8-14(12)19(15)16(11)13/h4-5,7,15H,2-3,6,8-10H2,1H3,(H,18,20)/t15-/m1/s1. The molecule has 4 rings (SSSR count). The van der Waals surface area contributed by atoms with Crippen LogP contribution in [-0.2, 0) is 24.1 Å². The smallest absolute Gasteiger partial charge is 0.242 e. The minimum absolute atomic E-state index is 0.0146. The van der Waals surface area contributed by atoms with Crippen LogP contribution in [0.25, 0.3) is 10.9 Å². The molecule has 20 heavy (non-hydrogen) atoms. The Bertz CT molecular complexity index is 699. The molecule has 3 nitrogen and oxygen atoms in total. The Balaban J connectivity index is 2.04. The second-order valence-corrected chi connectivity index (χ2v) is 5.98. The lowest BCUT2D eigenvalue weighted by Gasteiger charge is -2.27. The molecule has 104 valence electrons. The minimum atomic E-state index is -0.0146. The van der Waals surface area contributed by atoms with Crippen LogP contribution in [0.15, 0.2) is 18.2 Å². The number of carbonyl (C=O) groups is 1. The van der Waals surface area contributed by atoms with E-state index in [-0.39, 0.29) is 11.9 Å². The number of hydrogen-bond acceptors (Lipinski definition) is 1. The lowest BCUT2D eigenvalue weighted by Crippen LogP contribution is -2.33. The summed E-state index contributed by atoms with van der Waals surface area (Å²) >= 11 is 0. The fourth-order valence-corrected chi connectivity index (χ4v) is 4.08. The second-order valence-electron chi connectivity index (χ2n) is 5.98. The van der Waals surface area contributed by atoms with Gasteiger partial charge < -0.3 is 9.88 Å². The number of amides is 1. The molecule has 0 radical (unpaired) electrons. The van der Waals surface area contributed by atoms with E-state index in [2.05, 4.69) is 28.1 Å². The SMILES string of the molecule is CNC(=O)[C@H]1CCc2cccc3c4c(n1c23)CCCC4. The van der Waals surface area contributed by atoms with Gasteiger partial charge in [0.15, 0.2) is 0 Å². The zero-order valence-electron chi connectivity index (χ0n) is 11.9. The highest BCUT2D eigenvalue weighted by atomic mass is 16.2. The van der Waals surface area contributed by atoms with Crippen LogP contribution in [0.3, 0.4) is 0 Å². The van der Waals surface area contributed by atoms with E-state index < -0.39 is 0 Å². The highest BCUT2D eigenvalue weighted by Gasteiger charge is 2.31. The average Bonchev–Trinajstić information content (AvgIpc) is 2.85. The molecule has 0 spiro atoms. The van der Waals surface area contributed by atoms with Crippen LogP contribution in [0.1, 0.15) is 42.1 Å². The Labute approximate surface area is 119 Å². The predicted molar refractivity (Wildman–Crippen MR) is 80.0 cm³/mol. The summed E-state index contributed by atoms with van der Waals surface area (Å²) in [6.07, 6.45) is 6.75. The van der Waals surface area contributed by atoms with Gasteiger partial charge in [0, 0.05) is 18.1 Å². The molecular formula is C17H20N2O. The fraction of sp³-hybridized carbons (Fsp3) is 0.471. The van der Waals surface area contributed by atoms with Crippen LogP contribution in [0.2, 0.25) is 0 Å². The molecule has 1 aromatic carbocycles. The normalized spacial score (nSPS) is 20.8. The highest BCUT2D eigenvalue weighted by molar-refractivity contribution is 5.92. The number of likely N-dealkylation sites (N-methyl/N-ethyl adjacent to an activating group) is 1. The number of fused-ring (bicyclic) bond motifs is 3. The molecule has 1 aliphatic carbocycles. The van der Waals surface area contributed by atoms with Gasteiger partial charge in [-0.15, -0.1) is 0 Å². The second kappa shape index (κ2) is 4.37. The van der Waals surface area contributed by atoms with Gasteiger partial charge in [0.1, 0.15) is 6.04 Å². The summed E-state index contributed by atoms with van der Waals surface area (Å²) in [5, 5.41) is 4.24. The molecule has 0 saturated carbocycles. The molecule has 2 aromatic rings. The first kappa shape index (κ1) is 12.0. The van der Waals surface area contributed by atoms with Crippen molar-refractivity contribution in [2.24, 2.45) is 0 Å². The third kappa shape index (κ3) is 1.49. The molecule has 2 aliphatic rings. The summed E-state index contributed by atoms with van der Waals surface area (Å²) in [5.41, 5.74) is 5.67. The summed E-state index contributed by atoms with van der Waals surface area (Å²) < 4.78 is 2.36. The first-order chi connectivity index (χ1) is 9.81. The molecule has 1 aliphatic heterocycles. The van der Waals surface area contributed by atoms with Gasteiger partial charge in [-0.3, -0.25) is 4.79 Å². The van der Waals surface area contributed by atoms with Crippen molar-refractivity contribution in [3.8, 4) is 0 Å². The van der Waals surface area contributed by atoms with Crippen LogP contribution < -0.4 is 5.32 Å². The number of rotatable bonds is 1. The lowest BCUT2D eigenvalue weighted by molar-refractivity contribution is -0.124. The Morgan fingerprint density at radius 3 is 2.95 bits per heavy atom. The van der Waals surface area contributed by atoms with Gasteiger partial charge in [-0.25, -0.2) is 0 Å². The van der Waals surface area contributed by atoms with Gasteiger partial charge in [-0.1, -0.05) is 18.2 Å². The third-order valence-electron chi connectivity index (χ3n) is 4.96. The lowest BCUT2D eigenvalue weighted by atomic mass is 9.95. The van der Waals surface area contributed by atoms with Gasteiger partial charge in [0.2, 0.25) is 5.91 Å². The van der Waals surface area contributed by atoms with E-state index in [0.29, 0.717) is 0 Å². The van der Waals surface area contributed by atoms with Crippen molar-refractivity contribution >= 4 is 16.8 Å². The maximum atomic E-state index is 12.3. The highest BCUT2D eigenvalue weighted by Crippen LogP contribution is 2.40. The Kier molecular flexibility index (Phi) is 2.62. The van der Waals surface area contributed by atoms with Crippen LogP contribution in [0.5, 0.6) is 0 Å². The number of aryl methyl sites for hydroxylation is 2. The molecule has 1 aromatic heterocycles. The maximum absolute atomic E-state index is 12.3. The number of carbonyl (C=O) groups excluding carboxylic acids is 1. The molecule has 0 fully saturated rings. The van der Waals surface area contributed by atoms with Gasteiger partial charge in [0.25, 0.3) is 0 Å². The summed E-state index contributed by atoms with van der Waals surface area (Å²) in [6, 6.07) is 6.63. The fourth-order valence-electron chi connectivity index (χ4n) is 4.08. The Morgan fingerprint density at radius 2 is 2.10 bits per heavy atom. The van der Waals surface area contributed by atoms with Crippen molar-refractivity contribution in [1.82, 2.24) is 9.88 Å². The number of para-hydroxylation sites is 1. The average molecular weight is 268 g/mol. The van der Waals surface area contributed by atoms with Gasteiger partial charge in [-0.05, 0) is 49.7 Å². The van der Waals surface area contributed by atoms with E-state index in [1.165, 1.54) is 47.0 Å². The van der Waals surface area contributed by atoms with Crippen LogP contribution in [-0.4, -0.2) is 17.5 Å². The summed E-state index contributed by atoms with van der Waals surface area (Å²) in [5.74, 6) is 0.157. The zero-order chi connectivity index (χ0) is 13.7. The van der Waals surface area contributed by atoms with Crippen molar-refractivity contribution in [1.29, 1.82) is 0 Å². The van der Waals surface area contributed by atoms with E-state index >= 15 is 0 Å². The number of nitrogens with one attached hydrogen (secondary N) is 1. The molecule has 0 bridgehead atoms. The monoisotopic (exact) mass is 268 g/mol. The van der Waals surface area contributed by atoms with Gasteiger partial charge >= 0.3 is 0 Å². The van der Waals surface area contributed by atoms with Crippen molar-refractivity contribution in [3.63, 3.8) is 0 Å². The number of hydrogen-bond donors (Lipinski definition) is 1. The molecule has 0 unspecified atom stereocenters. The van der Waals surface area contributed by atoms with Crippen molar-refractivity contribution in [3.05, 3.63) is 35.0 Å². The quantitative estimate of drug-likeness (QED) is 0.848. The molecule has 1 atom stereocenters. The Morgan fingerprint density at radius 1 is 1.25 bits per heavy atom. The predicted octanol–water partition coefficient (Wildman–Crippen LogP) is 2.75. The molecule has 3 heteroatoms. The van der Waals surface area contributed by atoms with Crippen LogP contribution >= 0.6 is 0 Å². The molecule has 2 heterocycles. The van der Waals surface area contributed by atoms with Crippen molar-refractivity contribution in [2.75, 3.05) is 7.05 Å². The number of nitrogens with zero attached hydrogens (tertiary/aromatic N) is 1.